The van der Waals surface area contributed by atoms with Crippen molar-refractivity contribution in [2.24, 2.45) is 0 Å². The smallest absolute Gasteiger partial charge is 0.142 e. The third-order valence-corrected chi connectivity index (χ3v) is 4.15. The van der Waals surface area contributed by atoms with Gasteiger partial charge in [-0.05, 0) is 23.6 Å². The molecule has 3 rings (SSSR count). The molecular formula is C12H13ClFNO. The number of aliphatic hydroxyl groups is 1. The van der Waals surface area contributed by atoms with Crippen molar-refractivity contribution in [1.29, 1.82) is 0 Å². The summed E-state index contributed by atoms with van der Waals surface area (Å²) in [6, 6.07) is 1.48. The summed E-state index contributed by atoms with van der Waals surface area (Å²) in [5.41, 5.74) is 2.87. The maximum Gasteiger partial charge on any atom is 0.142 e. The summed E-state index contributed by atoms with van der Waals surface area (Å²) >= 11 is 5.98. The van der Waals surface area contributed by atoms with Crippen LogP contribution in [0.4, 0.5) is 10.1 Å². The van der Waals surface area contributed by atoms with Gasteiger partial charge in [0, 0.05) is 24.7 Å². The topological polar surface area (TPSA) is 23.5 Å². The van der Waals surface area contributed by atoms with E-state index in [-0.39, 0.29) is 16.8 Å². The minimum Gasteiger partial charge on any atom is -0.391 e. The lowest BCUT2D eigenvalue weighted by Crippen LogP contribution is -2.38. The highest BCUT2D eigenvalue weighted by Gasteiger charge is 2.36. The lowest BCUT2D eigenvalue weighted by atomic mass is 9.88. The first kappa shape index (κ1) is 10.4. The molecule has 0 radical (unpaired) electrons. The first-order chi connectivity index (χ1) is 7.59. The van der Waals surface area contributed by atoms with Crippen LogP contribution in [-0.4, -0.2) is 24.3 Å². The number of nitrogens with zero attached hydrogens (tertiary/aromatic N) is 1. The van der Waals surface area contributed by atoms with Gasteiger partial charge in [0.2, 0.25) is 0 Å². The van der Waals surface area contributed by atoms with Crippen molar-refractivity contribution in [3.05, 3.63) is 28.0 Å². The summed E-state index contributed by atoms with van der Waals surface area (Å²) in [5.74, 6) is -0.381. The molecule has 0 fully saturated rings. The lowest BCUT2D eigenvalue weighted by molar-refractivity contribution is 0.150. The number of hydrogen-bond acceptors (Lipinski definition) is 2. The number of hydrogen-bond donors (Lipinski definition) is 1. The third-order valence-electron chi connectivity index (χ3n) is 3.74. The maximum absolute atomic E-state index is 13.6. The van der Waals surface area contributed by atoms with Crippen LogP contribution in [0.2, 0.25) is 5.02 Å². The van der Waals surface area contributed by atoms with E-state index >= 15 is 0 Å². The Morgan fingerprint density at radius 3 is 3.06 bits per heavy atom. The summed E-state index contributed by atoms with van der Waals surface area (Å²) in [6.07, 6.45) is 0.359. The molecule has 1 aromatic rings. The molecular weight excluding hydrogens is 229 g/mol. The Bertz CT molecular complexity index is 463. The Morgan fingerprint density at radius 2 is 2.31 bits per heavy atom. The van der Waals surface area contributed by atoms with E-state index in [1.807, 2.05) is 6.92 Å². The highest BCUT2D eigenvalue weighted by Crippen LogP contribution is 2.45. The molecule has 86 valence electrons. The second kappa shape index (κ2) is 3.34. The van der Waals surface area contributed by atoms with E-state index in [1.54, 1.807) is 0 Å². The van der Waals surface area contributed by atoms with Gasteiger partial charge in [-0.15, -0.1) is 0 Å². The Morgan fingerprint density at radius 1 is 1.56 bits per heavy atom. The molecule has 0 aromatic heterocycles. The molecule has 0 aliphatic carbocycles. The van der Waals surface area contributed by atoms with Gasteiger partial charge in [0.05, 0.1) is 11.1 Å². The van der Waals surface area contributed by atoms with Crippen molar-refractivity contribution in [2.75, 3.05) is 18.0 Å². The first-order valence-corrected chi connectivity index (χ1v) is 5.91. The van der Waals surface area contributed by atoms with Gasteiger partial charge >= 0.3 is 0 Å². The standard InChI is InChI=1S/C12H13ClFNO/c1-6-8-4-9(14)11(13)7-2-3-15(12(7)8)5-10(6)16/h4,6,10,16H,2-3,5H2,1H3. The Balaban J connectivity index is 2.26. The highest BCUT2D eigenvalue weighted by atomic mass is 35.5. The number of rotatable bonds is 0. The zero-order valence-corrected chi connectivity index (χ0v) is 9.76. The van der Waals surface area contributed by atoms with Gasteiger partial charge in [0.25, 0.3) is 0 Å². The second-order valence-corrected chi connectivity index (χ2v) is 5.02. The van der Waals surface area contributed by atoms with E-state index in [4.69, 9.17) is 11.6 Å². The Labute approximate surface area is 98.6 Å². The van der Waals surface area contributed by atoms with Crippen molar-refractivity contribution in [1.82, 2.24) is 0 Å². The number of benzene rings is 1. The largest absolute Gasteiger partial charge is 0.391 e. The van der Waals surface area contributed by atoms with E-state index in [0.717, 1.165) is 29.8 Å². The van der Waals surface area contributed by atoms with E-state index < -0.39 is 6.10 Å². The predicted octanol–water partition coefficient (Wildman–Crippen LogP) is 2.32. The van der Waals surface area contributed by atoms with Crippen LogP contribution in [0.1, 0.15) is 24.0 Å². The van der Waals surface area contributed by atoms with Crippen molar-refractivity contribution >= 4 is 17.3 Å². The number of aliphatic hydroxyl groups excluding tert-OH is 1. The van der Waals surface area contributed by atoms with Crippen LogP contribution in [0, 0.1) is 5.82 Å². The van der Waals surface area contributed by atoms with Gasteiger partial charge in [-0.2, -0.15) is 0 Å². The monoisotopic (exact) mass is 241 g/mol. The fourth-order valence-electron chi connectivity index (χ4n) is 2.77. The third kappa shape index (κ3) is 1.22. The van der Waals surface area contributed by atoms with E-state index in [9.17, 15) is 9.50 Å². The van der Waals surface area contributed by atoms with Crippen LogP contribution in [0.5, 0.6) is 0 Å². The van der Waals surface area contributed by atoms with Crippen LogP contribution in [0.15, 0.2) is 6.07 Å². The van der Waals surface area contributed by atoms with Gasteiger partial charge in [0.15, 0.2) is 0 Å². The van der Waals surface area contributed by atoms with E-state index in [0.29, 0.717) is 6.54 Å². The van der Waals surface area contributed by atoms with Gasteiger partial charge in [-0.3, -0.25) is 0 Å². The quantitative estimate of drug-likeness (QED) is 0.754. The highest BCUT2D eigenvalue weighted by molar-refractivity contribution is 6.32. The molecule has 0 spiro atoms. The molecule has 0 bridgehead atoms. The molecule has 2 heterocycles. The fraction of sp³-hybridized carbons (Fsp3) is 0.500. The Kier molecular flexibility index (Phi) is 2.17. The van der Waals surface area contributed by atoms with Crippen molar-refractivity contribution < 1.29 is 9.50 Å². The molecule has 1 N–H and O–H groups in total. The SMILES string of the molecule is CC1c2cc(F)c(Cl)c3c2N(CC3)CC1O. The van der Waals surface area contributed by atoms with E-state index in [2.05, 4.69) is 4.90 Å². The van der Waals surface area contributed by atoms with E-state index in [1.165, 1.54) is 6.07 Å². The first-order valence-electron chi connectivity index (χ1n) is 5.53. The normalized spacial score (nSPS) is 27.1. The molecule has 2 unspecified atom stereocenters. The molecule has 4 heteroatoms. The summed E-state index contributed by atoms with van der Waals surface area (Å²) in [7, 11) is 0. The zero-order chi connectivity index (χ0) is 11.4. The summed E-state index contributed by atoms with van der Waals surface area (Å²) in [6.45, 7) is 3.39. The van der Waals surface area contributed by atoms with Gasteiger partial charge < -0.3 is 10.0 Å². The van der Waals surface area contributed by atoms with Crippen LogP contribution in [0.3, 0.4) is 0 Å². The summed E-state index contributed by atoms with van der Waals surface area (Å²) in [4.78, 5) is 2.11. The molecule has 1 aromatic carbocycles. The Hall–Kier alpha value is -0.800. The summed E-state index contributed by atoms with van der Waals surface area (Å²) in [5, 5.41) is 10.2. The van der Waals surface area contributed by atoms with Crippen LogP contribution in [0.25, 0.3) is 0 Å². The molecule has 2 aliphatic rings. The summed E-state index contributed by atoms with van der Waals surface area (Å²) < 4.78 is 13.6. The van der Waals surface area contributed by atoms with Crippen molar-refractivity contribution in [3.63, 3.8) is 0 Å². The van der Waals surface area contributed by atoms with Crippen LogP contribution < -0.4 is 4.90 Å². The minimum atomic E-state index is -0.418. The van der Waals surface area contributed by atoms with Gasteiger partial charge in [-0.25, -0.2) is 4.39 Å². The maximum atomic E-state index is 13.6. The molecule has 0 saturated heterocycles. The van der Waals surface area contributed by atoms with Gasteiger partial charge in [0.1, 0.15) is 5.82 Å². The van der Waals surface area contributed by atoms with Gasteiger partial charge in [-0.1, -0.05) is 18.5 Å². The molecule has 2 atom stereocenters. The zero-order valence-electron chi connectivity index (χ0n) is 9.00. The van der Waals surface area contributed by atoms with Crippen LogP contribution >= 0.6 is 11.6 Å². The molecule has 16 heavy (non-hydrogen) atoms. The average molecular weight is 242 g/mol. The predicted molar refractivity (Wildman–Crippen MR) is 61.7 cm³/mol. The second-order valence-electron chi connectivity index (χ2n) is 4.64. The minimum absolute atomic E-state index is 0.0186. The molecule has 0 saturated carbocycles. The molecule has 2 aliphatic heterocycles. The van der Waals surface area contributed by atoms with Crippen LogP contribution in [-0.2, 0) is 6.42 Å². The molecule has 0 amide bonds. The van der Waals surface area contributed by atoms with Crippen molar-refractivity contribution in [3.8, 4) is 0 Å². The fourth-order valence-corrected chi connectivity index (χ4v) is 3.01. The van der Waals surface area contributed by atoms with Crippen molar-refractivity contribution in [2.45, 2.75) is 25.4 Å². The number of anilines is 1. The average Bonchev–Trinajstić information content (AvgIpc) is 2.66. The number of halogens is 2. The molecule has 2 nitrogen and oxygen atoms in total. The lowest BCUT2D eigenvalue weighted by Gasteiger charge is -2.35.